The lowest BCUT2D eigenvalue weighted by Gasteiger charge is -2.35. The van der Waals surface area contributed by atoms with E-state index in [-0.39, 0.29) is 5.82 Å². The van der Waals surface area contributed by atoms with E-state index in [1.807, 2.05) is 25.1 Å². The minimum atomic E-state index is -0.822. The maximum absolute atomic E-state index is 13.2. The van der Waals surface area contributed by atoms with Crippen molar-refractivity contribution in [1.29, 1.82) is 0 Å². The summed E-state index contributed by atoms with van der Waals surface area (Å²) in [7, 11) is 0. The Morgan fingerprint density at radius 1 is 1.20 bits per heavy atom. The van der Waals surface area contributed by atoms with Gasteiger partial charge in [0.2, 0.25) is 0 Å². The Kier molecular flexibility index (Phi) is 3.35. The fraction of sp³-hybridized carbons (Fsp3) is 0.333. The molecule has 2 aromatic rings. The van der Waals surface area contributed by atoms with Crippen LogP contribution in [0.25, 0.3) is 0 Å². The van der Waals surface area contributed by atoms with Crippen LogP contribution in [-0.4, -0.2) is 5.11 Å². The number of halogens is 1. The van der Waals surface area contributed by atoms with Gasteiger partial charge in [0.05, 0.1) is 5.60 Å². The lowest BCUT2D eigenvalue weighted by molar-refractivity contribution is 0.0189. The molecule has 1 aliphatic carbocycles. The molecule has 1 unspecified atom stereocenters. The van der Waals surface area contributed by atoms with Crippen LogP contribution >= 0.6 is 0 Å². The van der Waals surface area contributed by atoms with E-state index in [0.717, 1.165) is 36.0 Å². The molecule has 2 heteroatoms. The van der Waals surface area contributed by atoms with Crippen LogP contribution < -0.4 is 0 Å². The Bertz CT molecular complexity index is 635. The number of benzene rings is 2. The molecule has 0 saturated carbocycles. The van der Waals surface area contributed by atoms with Gasteiger partial charge < -0.3 is 5.11 Å². The fourth-order valence-corrected chi connectivity index (χ4v) is 3.25. The molecule has 1 aliphatic rings. The Balaban J connectivity index is 1.98. The normalized spacial score (nSPS) is 21.6. The second kappa shape index (κ2) is 5.02. The molecule has 0 radical (unpaired) electrons. The summed E-state index contributed by atoms with van der Waals surface area (Å²) in [6, 6.07) is 12.9. The first kappa shape index (κ1) is 13.3. The van der Waals surface area contributed by atoms with Crippen molar-refractivity contribution in [2.45, 2.75) is 38.2 Å². The average molecular weight is 270 g/mol. The monoisotopic (exact) mass is 270 g/mol. The van der Waals surface area contributed by atoms with Crippen LogP contribution in [0.3, 0.4) is 0 Å². The summed E-state index contributed by atoms with van der Waals surface area (Å²) in [5, 5.41) is 11.1. The van der Waals surface area contributed by atoms with Gasteiger partial charge in [0.1, 0.15) is 5.82 Å². The highest BCUT2D eigenvalue weighted by Crippen LogP contribution is 2.38. The van der Waals surface area contributed by atoms with Crippen molar-refractivity contribution < 1.29 is 9.50 Å². The quantitative estimate of drug-likeness (QED) is 0.877. The zero-order chi connectivity index (χ0) is 14.2. The molecule has 0 fully saturated rings. The molecule has 0 bridgehead atoms. The first-order valence-electron chi connectivity index (χ1n) is 7.14. The molecule has 104 valence electrons. The zero-order valence-corrected chi connectivity index (χ0v) is 11.7. The highest BCUT2D eigenvalue weighted by molar-refractivity contribution is 5.38. The Morgan fingerprint density at radius 2 is 2.00 bits per heavy atom. The maximum Gasteiger partial charge on any atom is 0.123 e. The molecule has 2 aromatic carbocycles. The minimum absolute atomic E-state index is 0.220. The molecule has 0 aliphatic heterocycles. The molecular weight excluding hydrogens is 251 g/mol. The third-order valence-electron chi connectivity index (χ3n) is 4.34. The van der Waals surface area contributed by atoms with Gasteiger partial charge in [0.15, 0.2) is 0 Å². The predicted molar refractivity (Wildman–Crippen MR) is 78.1 cm³/mol. The van der Waals surface area contributed by atoms with Gasteiger partial charge in [-0.25, -0.2) is 4.39 Å². The van der Waals surface area contributed by atoms with Gasteiger partial charge in [-0.05, 0) is 60.6 Å². The molecule has 0 saturated heterocycles. The van der Waals surface area contributed by atoms with Crippen LogP contribution in [0.2, 0.25) is 0 Å². The second-order valence-corrected chi connectivity index (χ2v) is 5.79. The van der Waals surface area contributed by atoms with E-state index in [9.17, 15) is 9.50 Å². The Hall–Kier alpha value is -1.67. The van der Waals surface area contributed by atoms with Crippen molar-refractivity contribution in [2.24, 2.45) is 0 Å². The number of fused-ring (bicyclic) bond motifs is 1. The van der Waals surface area contributed by atoms with Crippen LogP contribution in [-0.2, 0) is 18.4 Å². The van der Waals surface area contributed by atoms with Crippen LogP contribution in [0.15, 0.2) is 42.5 Å². The number of aliphatic hydroxyl groups is 1. The Morgan fingerprint density at radius 3 is 2.80 bits per heavy atom. The highest BCUT2D eigenvalue weighted by Gasteiger charge is 2.34. The third kappa shape index (κ3) is 2.36. The first-order chi connectivity index (χ1) is 9.58. The standard InChI is InChI=1S/C18H19FO/c1-13-11-16(19)9-8-15(13)12-18(20)10-4-6-14-5-2-3-7-17(14)18/h2-3,5,7-9,11,20H,4,6,10,12H2,1H3. The van der Waals surface area contributed by atoms with E-state index < -0.39 is 5.60 Å². The van der Waals surface area contributed by atoms with Crippen molar-refractivity contribution in [3.8, 4) is 0 Å². The van der Waals surface area contributed by atoms with Crippen molar-refractivity contribution >= 4 is 0 Å². The molecule has 1 atom stereocenters. The minimum Gasteiger partial charge on any atom is -0.385 e. The SMILES string of the molecule is Cc1cc(F)ccc1CC1(O)CCCc2ccccc21. The molecule has 0 amide bonds. The summed E-state index contributed by atoms with van der Waals surface area (Å²) >= 11 is 0. The van der Waals surface area contributed by atoms with Crippen LogP contribution in [0.4, 0.5) is 4.39 Å². The molecule has 0 heterocycles. The molecule has 3 rings (SSSR count). The molecule has 0 spiro atoms. The van der Waals surface area contributed by atoms with Crippen molar-refractivity contribution in [3.05, 3.63) is 70.5 Å². The van der Waals surface area contributed by atoms with E-state index in [2.05, 4.69) is 6.07 Å². The van der Waals surface area contributed by atoms with Crippen molar-refractivity contribution in [2.75, 3.05) is 0 Å². The van der Waals surface area contributed by atoms with Gasteiger partial charge in [-0.2, -0.15) is 0 Å². The van der Waals surface area contributed by atoms with Gasteiger partial charge in [0, 0.05) is 6.42 Å². The summed E-state index contributed by atoms with van der Waals surface area (Å²) in [4.78, 5) is 0. The smallest absolute Gasteiger partial charge is 0.123 e. The van der Waals surface area contributed by atoms with Crippen LogP contribution in [0, 0.1) is 12.7 Å². The lowest BCUT2D eigenvalue weighted by Crippen LogP contribution is -2.33. The van der Waals surface area contributed by atoms with Crippen LogP contribution in [0.5, 0.6) is 0 Å². The molecule has 1 nitrogen and oxygen atoms in total. The molecule has 20 heavy (non-hydrogen) atoms. The van der Waals surface area contributed by atoms with E-state index in [0.29, 0.717) is 6.42 Å². The Labute approximate surface area is 119 Å². The molecule has 0 aromatic heterocycles. The predicted octanol–water partition coefficient (Wildman–Crippen LogP) is 3.90. The number of hydrogen-bond donors (Lipinski definition) is 1. The van der Waals surface area contributed by atoms with Gasteiger partial charge in [-0.15, -0.1) is 0 Å². The largest absolute Gasteiger partial charge is 0.385 e. The van der Waals surface area contributed by atoms with E-state index in [4.69, 9.17) is 0 Å². The molecule has 1 N–H and O–H groups in total. The highest BCUT2D eigenvalue weighted by atomic mass is 19.1. The summed E-state index contributed by atoms with van der Waals surface area (Å²) < 4.78 is 13.2. The number of aryl methyl sites for hydroxylation is 2. The van der Waals surface area contributed by atoms with Crippen molar-refractivity contribution in [3.63, 3.8) is 0 Å². The lowest BCUT2D eigenvalue weighted by atomic mass is 9.75. The van der Waals surface area contributed by atoms with Gasteiger partial charge in [-0.3, -0.25) is 0 Å². The summed E-state index contributed by atoms with van der Waals surface area (Å²) in [5.41, 5.74) is 3.38. The summed E-state index contributed by atoms with van der Waals surface area (Å²) in [6.07, 6.45) is 3.34. The van der Waals surface area contributed by atoms with E-state index in [1.54, 1.807) is 6.07 Å². The number of rotatable bonds is 2. The van der Waals surface area contributed by atoms with Crippen LogP contribution in [0.1, 0.15) is 35.1 Å². The zero-order valence-electron chi connectivity index (χ0n) is 11.7. The van der Waals surface area contributed by atoms with Gasteiger partial charge >= 0.3 is 0 Å². The summed E-state index contributed by atoms with van der Waals surface area (Å²) in [5.74, 6) is -0.220. The van der Waals surface area contributed by atoms with Gasteiger partial charge in [-0.1, -0.05) is 30.3 Å². The topological polar surface area (TPSA) is 20.2 Å². The fourth-order valence-electron chi connectivity index (χ4n) is 3.25. The van der Waals surface area contributed by atoms with Crippen molar-refractivity contribution in [1.82, 2.24) is 0 Å². The maximum atomic E-state index is 13.2. The second-order valence-electron chi connectivity index (χ2n) is 5.79. The van der Waals surface area contributed by atoms with E-state index >= 15 is 0 Å². The summed E-state index contributed by atoms with van der Waals surface area (Å²) in [6.45, 7) is 1.90. The average Bonchev–Trinajstić information content (AvgIpc) is 2.43. The number of hydrogen-bond acceptors (Lipinski definition) is 1. The van der Waals surface area contributed by atoms with E-state index in [1.165, 1.54) is 17.7 Å². The van der Waals surface area contributed by atoms with Gasteiger partial charge in [0.25, 0.3) is 0 Å². The first-order valence-corrected chi connectivity index (χ1v) is 7.14. The molecular formula is C18H19FO. The third-order valence-corrected chi connectivity index (χ3v) is 4.34.